The molecule has 108 valence electrons. The fourth-order valence-electron chi connectivity index (χ4n) is 2.88. The van der Waals surface area contributed by atoms with Gasteiger partial charge in [0.05, 0.1) is 5.52 Å². The maximum absolute atomic E-state index is 11.9. The van der Waals surface area contributed by atoms with Crippen LogP contribution in [0.3, 0.4) is 0 Å². The summed E-state index contributed by atoms with van der Waals surface area (Å²) in [6.45, 7) is 0.672. The predicted octanol–water partition coefficient (Wildman–Crippen LogP) is 3.25. The molecule has 3 heteroatoms. The van der Waals surface area contributed by atoms with Crippen LogP contribution in [0, 0.1) is 5.92 Å². The first-order valence-corrected chi connectivity index (χ1v) is 7.59. The number of para-hydroxylation sites is 1. The van der Waals surface area contributed by atoms with E-state index in [-0.39, 0.29) is 5.91 Å². The lowest BCUT2D eigenvalue weighted by molar-refractivity contribution is -0.121. The lowest BCUT2D eigenvalue weighted by Crippen LogP contribution is -2.27. The first-order valence-electron chi connectivity index (χ1n) is 7.59. The molecule has 0 unspecified atom stereocenters. The molecule has 0 bridgehead atoms. The molecule has 21 heavy (non-hydrogen) atoms. The number of allylic oxidation sites excluding steroid dienone is 2. The molecule has 0 fully saturated rings. The number of hydrogen-bond donors (Lipinski definition) is 1. The van der Waals surface area contributed by atoms with Gasteiger partial charge in [-0.15, -0.1) is 0 Å². The number of aromatic nitrogens is 1. The maximum Gasteiger partial charge on any atom is 0.220 e. The Balaban J connectivity index is 1.54. The van der Waals surface area contributed by atoms with Crippen LogP contribution in [-0.4, -0.2) is 17.4 Å². The van der Waals surface area contributed by atoms with Gasteiger partial charge in [0.2, 0.25) is 5.91 Å². The van der Waals surface area contributed by atoms with Crippen LogP contribution in [0.25, 0.3) is 10.9 Å². The minimum atomic E-state index is 0.153. The van der Waals surface area contributed by atoms with Crippen molar-refractivity contribution in [3.8, 4) is 0 Å². The van der Waals surface area contributed by atoms with Gasteiger partial charge in [0.25, 0.3) is 0 Å². The largest absolute Gasteiger partial charge is 0.356 e. The number of nitrogens with one attached hydrogen (secondary N) is 1. The van der Waals surface area contributed by atoms with Crippen molar-refractivity contribution in [2.75, 3.05) is 6.54 Å². The normalized spacial score (nSPS) is 17.2. The molecule has 2 aromatic rings. The molecule has 3 rings (SSSR count). The summed E-state index contributed by atoms with van der Waals surface area (Å²) in [7, 11) is 0. The molecule has 1 aliphatic rings. The van der Waals surface area contributed by atoms with Crippen LogP contribution in [0.15, 0.2) is 48.7 Å². The highest BCUT2D eigenvalue weighted by Gasteiger charge is 2.13. The van der Waals surface area contributed by atoms with Gasteiger partial charge in [0.1, 0.15) is 0 Å². The van der Waals surface area contributed by atoms with Gasteiger partial charge < -0.3 is 5.32 Å². The number of rotatable bonds is 5. The van der Waals surface area contributed by atoms with Crippen LogP contribution in [0.4, 0.5) is 0 Å². The fraction of sp³-hybridized carbons (Fsp3) is 0.333. The quantitative estimate of drug-likeness (QED) is 0.854. The third kappa shape index (κ3) is 3.48. The molecule has 1 aliphatic carbocycles. The van der Waals surface area contributed by atoms with Gasteiger partial charge in [-0.25, -0.2) is 0 Å². The van der Waals surface area contributed by atoms with E-state index >= 15 is 0 Å². The third-order valence-electron chi connectivity index (χ3n) is 3.99. The molecule has 0 spiro atoms. The van der Waals surface area contributed by atoms with Crippen LogP contribution in [0.5, 0.6) is 0 Å². The number of benzene rings is 1. The van der Waals surface area contributed by atoms with E-state index < -0.39 is 0 Å². The molecule has 1 atom stereocenters. The van der Waals surface area contributed by atoms with Crippen molar-refractivity contribution < 1.29 is 4.79 Å². The predicted molar refractivity (Wildman–Crippen MR) is 84.9 cm³/mol. The van der Waals surface area contributed by atoms with Gasteiger partial charge in [-0.1, -0.05) is 36.4 Å². The summed E-state index contributed by atoms with van der Waals surface area (Å²) in [5.74, 6) is 0.587. The molecule has 3 nitrogen and oxygen atoms in total. The zero-order chi connectivity index (χ0) is 14.5. The highest BCUT2D eigenvalue weighted by Crippen LogP contribution is 2.20. The van der Waals surface area contributed by atoms with Crippen molar-refractivity contribution in [2.24, 2.45) is 5.92 Å². The zero-order valence-corrected chi connectivity index (χ0v) is 12.1. The summed E-state index contributed by atoms with van der Waals surface area (Å²) in [4.78, 5) is 16.3. The maximum atomic E-state index is 11.9. The topological polar surface area (TPSA) is 42.0 Å². The van der Waals surface area contributed by atoms with E-state index in [1.54, 1.807) is 0 Å². The second kappa shape index (κ2) is 6.53. The summed E-state index contributed by atoms with van der Waals surface area (Å²) >= 11 is 0. The molecule has 0 radical (unpaired) electrons. The Morgan fingerprint density at radius 2 is 2.19 bits per heavy atom. The van der Waals surface area contributed by atoms with Crippen molar-refractivity contribution in [2.45, 2.75) is 25.7 Å². The lowest BCUT2D eigenvalue weighted by atomic mass is 10.0. The molecular weight excluding hydrogens is 260 g/mol. The van der Waals surface area contributed by atoms with E-state index in [2.05, 4.69) is 40.7 Å². The Morgan fingerprint density at radius 3 is 3.05 bits per heavy atom. The monoisotopic (exact) mass is 280 g/mol. The first-order chi connectivity index (χ1) is 10.3. The van der Waals surface area contributed by atoms with Gasteiger partial charge in [0, 0.05) is 24.5 Å². The SMILES string of the molecule is O=C(C[C@H]1C=CCC1)NCCc1cccc2cccnc12. The third-order valence-corrected chi connectivity index (χ3v) is 3.99. The van der Waals surface area contributed by atoms with E-state index in [1.807, 2.05) is 18.3 Å². The van der Waals surface area contributed by atoms with Crippen LogP contribution in [0.2, 0.25) is 0 Å². The number of hydrogen-bond acceptors (Lipinski definition) is 2. The highest BCUT2D eigenvalue weighted by molar-refractivity contribution is 5.81. The molecule has 0 aliphatic heterocycles. The minimum absolute atomic E-state index is 0.153. The van der Waals surface area contributed by atoms with E-state index in [0.717, 1.165) is 30.2 Å². The zero-order valence-electron chi connectivity index (χ0n) is 12.1. The summed E-state index contributed by atoms with van der Waals surface area (Å²) < 4.78 is 0. The number of nitrogens with zero attached hydrogens (tertiary/aromatic N) is 1. The average Bonchev–Trinajstić information content (AvgIpc) is 3.00. The summed E-state index contributed by atoms with van der Waals surface area (Å²) in [5.41, 5.74) is 2.22. The van der Waals surface area contributed by atoms with E-state index in [0.29, 0.717) is 18.9 Å². The summed E-state index contributed by atoms with van der Waals surface area (Å²) in [6.07, 6.45) is 9.80. The fourth-order valence-corrected chi connectivity index (χ4v) is 2.88. The lowest BCUT2D eigenvalue weighted by Gasteiger charge is -2.09. The summed E-state index contributed by atoms with van der Waals surface area (Å²) in [6, 6.07) is 10.2. The van der Waals surface area contributed by atoms with E-state index in [9.17, 15) is 4.79 Å². The van der Waals surface area contributed by atoms with Gasteiger partial charge in [-0.05, 0) is 36.8 Å². The Bertz CT molecular complexity index is 658. The van der Waals surface area contributed by atoms with Gasteiger partial charge in [0.15, 0.2) is 0 Å². The van der Waals surface area contributed by atoms with Crippen LogP contribution >= 0.6 is 0 Å². The summed E-state index contributed by atoms with van der Waals surface area (Å²) in [5, 5.41) is 4.17. The van der Waals surface area contributed by atoms with E-state index in [4.69, 9.17) is 0 Å². The number of fused-ring (bicyclic) bond motifs is 1. The average molecular weight is 280 g/mol. The molecule has 1 aromatic carbocycles. The smallest absolute Gasteiger partial charge is 0.220 e. The number of carbonyl (C=O) groups excluding carboxylic acids is 1. The minimum Gasteiger partial charge on any atom is -0.356 e. The molecule has 1 N–H and O–H groups in total. The Morgan fingerprint density at radius 1 is 1.29 bits per heavy atom. The standard InChI is InChI=1S/C18H20N2O/c21-17(13-14-5-1-2-6-14)19-12-10-16-8-3-7-15-9-4-11-20-18(15)16/h1,3-5,7-9,11,14H,2,6,10,12-13H2,(H,19,21)/t14-/m0/s1. The van der Waals surface area contributed by atoms with Crippen LogP contribution in [-0.2, 0) is 11.2 Å². The molecule has 1 aromatic heterocycles. The Hall–Kier alpha value is -2.16. The number of pyridine rings is 1. The van der Waals surface area contributed by atoms with Crippen LogP contribution in [0.1, 0.15) is 24.8 Å². The molecular formula is C18H20N2O. The van der Waals surface area contributed by atoms with Gasteiger partial charge >= 0.3 is 0 Å². The van der Waals surface area contributed by atoms with Crippen molar-refractivity contribution in [3.63, 3.8) is 0 Å². The van der Waals surface area contributed by atoms with Crippen molar-refractivity contribution in [1.29, 1.82) is 0 Å². The number of amides is 1. The Labute approximate surface area is 125 Å². The van der Waals surface area contributed by atoms with E-state index in [1.165, 1.54) is 5.56 Å². The van der Waals surface area contributed by atoms with Crippen molar-refractivity contribution >= 4 is 16.8 Å². The van der Waals surface area contributed by atoms with Crippen molar-refractivity contribution in [1.82, 2.24) is 10.3 Å². The molecule has 1 heterocycles. The second-order valence-corrected chi connectivity index (χ2v) is 5.56. The molecule has 1 amide bonds. The van der Waals surface area contributed by atoms with Crippen LogP contribution < -0.4 is 5.32 Å². The second-order valence-electron chi connectivity index (χ2n) is 5.56. The van der Waals surface area contributed by atoms with Gasteiger partial charge in [-0.3, -0.25) is 9.78 Å². The van der Waals surface area contributed by atoms with Gasteiger partial charge in [-0.2, -0.15) is 0 Å². The molecule has 0 saturated heterocycles. The van der Waals surface area contributed by atoms with Crippen molar-refractivity contribution in [3.05, 3.63) is 54.2 Å². The molecule has 0 saturated carbocycles. The highest BCUT2D eigenvalue weighted by atomic mass is 16.1. The number of carbonyl (C=O) groups is 1. The Kier molecular flexibility index (Phi) is 4.29. The first kappa shape index (κ1) is 13.8.